The molecule has 0 spiro atoms. The molecule has 0 aliphatic carbocycles. The molecule has 1 N–H and O–H groups in total. The van der Waals surface area contributed by atoms with Gasteiger partial charge >= 0.3 is 0 Å². The van der Waals surface area contributed by atoms with Gasteiger partial charge in [-0.05, 0) is 13.3 Å². The van der Waals surface area contributed by atoms with Gasteiger partial charge in [0.1, 0.15) is 0 Å². The van der Waals surface area contributed by atoms with Crippen LogP contribution >= 0.6 is 11.8 Å². The topological polar surface area (TPSA) is 32.3 Å². The summed E-state index contributed by atoms with van der Waals surface area (Å²) in [5.74, 6) is 1.00. The van der Waals surface area contributed by atoms with Crippen molar-refractivity contribution in [1.29, 1.82) is 0 Å². The first-order chi connectivity index (χ1) is 7.17. The number of hydrogen-bond acceptors (Lipinski definition) is 3. The molecule has 2 heterocycles. The van der Waals surface area contributed by atoms with E-state index in [0.717, 1.165) is 13.1 Å². The van der Waals surface area contributed by atoms with Crippen molar-refractivity contribution in [3.8, 4) is 0 Å². The van der Waals surface area contributed by atoms with Crippen LogP contribution in [0.3, 0.4) is 0 Å². The minimum Gasteiger partial charge on any atom is -0.327 e. The van der Waals surface area contributed by atoms with Crippen molar-refractivity contribution in [2.45, 2.75) is 44.0 Å². The fourth-order valence-corrected chi connectivity index (χ4v) is 3.97. The zero-order valence-corrected chi connectivity index (χ0v) is 10.4. The molecule has 0 unspecified atom stereocenters. The van der Waals surface area contributed by atoms with Gasteiger partial charge in [0.15, 0.2) is 0 Å². The summed E-state index contributed by atoms with van der Waals surface area (Å²) in [6, 6.07) is 0. The third kappa shape index (κ3) is 2.02. The van der Waals surface area contributed by atoms with Gasteiger partial charge in [-0.25, -0.2) is 0 Å². The fraction of sp³-hybridized carbons (Fsp3) is 0.909. The summed E-state index contributed by atoms with van der Waals surface area (Å²) in [7, 11) is 0. The Kier molecular flexibility index (Phi) is 3.26. The molecule has 4 heteroatoms. The zero-order valence-electron chi connectivity index (χ0n) is 9.58. The van der Waals surface area contributed by atoms with E-state index in [0.29, 0.717) is 17.0 Å². The lowest BCUT2D eigenvalue weighted by Gasteiger charge is -2.45. The SMILES string of the molecule is CCCC[C@@]1(C)NCCN2C(=O)CS[C@H]21. The van der Waals surface area contributed by atoms with Gasteiger partial charge in [0.25, 0.3) is 0 Å². The van der Waals surface area contributed by atoms with E-state index >= 15 is 0 Å². The van der Waals surface area contributed by atoms with Crippen molar-refractivity contribution in [3.63, 3.8) is 0 Å². The third-order valence-corrected chi connectivity index (χ3v) is 4.95. The predicted octanol–water partition coefficient (Wildman–Crippen LogP) is 1.44. The lowest BCUT2D eigenvalue weighted by molar-refractivity contribution is -0.130. The first-order valence-electron chi connectivity index (χ1n) is 5.83. The molecule has 2 saturated heterocycles. The normalized spacial score (nSPS) is 35.7. The molecule has 2 aliphatic rings. The maximum atomic E-state index is 11.6. The summed E-state index contributed by atoms with van der Waals surface area (Å²) in [4.78, 5) is 13.7. The van der Waals surface area contributed by atoms with Gasteiger partial charge in [0, 0.05) is 18.6 Å². The number of rotatable bonds is 3. The molecule has 0 radical (unpaired) electrons. The summed E-state index contributed by atoms with van der Waals surface area (Å²) < 4.78 is 0. The van der Waals surface area contributed by atoms with E-state index in [1.807, 2.05) is 0 Å². The Bertz CT molecular complexity index is 259. The molecule has 1 amide bonds. The molecule has 0 aromatic heterocycles. The molecule has 0 bridgehead atoms. The van der Waals surface area contributed by atoms with Crippen molar-refractivity contribution < 1.29 is 4.79 Å². The number of thioether (sulfide) groups is 1. The number of amides is 1. The molecule has 86 valence electrons. The molecule has 0 aromatic carbocycles. The van der Waals surface area contributed by atoms with E-state index in [2.05, 4.69) is 24.1 Å². The fourth-order valence-electron chi connectivity index (χ4n) is 2.53. The molecule has 15 heavy (non-hydrogen) atoms. The van der Waals surface area contributed by atoms with Crippen LogP contribution in [0.2, 0.25) is 0 Å². The molecular weight excluding hydrogens is 208 g/mol. The van der Waals surface area contributed by atoms with Gasteiger partial charge in [-0.15, -0.1) is 11.8 Å². The van der Waals surface area contributed by atoms with Crippen LogP contribution in [0, 0.1) is 0 Å². The van der Waals surface area contributed by atoms with Crippen LogP contribution in [-0.2, 0) is 4.79 Å². The molecule has 0 aromatic rings. The molecule has 3 nitrogen and oxygen atoms in total. The van der Waals surface area contributed by atoms with Gasteiger partial charge in [-0.2, -0.15) is 0 Å². The Morgan fingerprint density at radius 1 is 1.67 bits per heavy atom. The number of hydrogen-bond donors (Lipinski definition) is 1. The minimum atomic E-state index is 0.130. The smallest absolute Gasteiger partial charge is 0.233 e. The average Bonchev–Trinajstić information content (AvgIpc) is 2.60. The highest BCUT2D eigenvalue weighted by molar-refractivity contribution is 8.01. The highest BCUT2D eigenvalue weighted by Gasteiger charge is 2.46. The number of nitrogens with one attached hydrogen (secondary N) is 1. The van der Waals surface area contributed by atoms with Crippen molar-refractivity contribution in [1.82, 2.24) is 10.2 Å². The van der Waals surface area contributed by atoms with Gasteiger partial charge < -0.3 is 10.2 Å². The monoisotopic (exact) mass is 228 g/mol. The van der Waals surface area contributed by atoms with E-state index in [1.54, 1.807) is 11.8 Å². The number of carbonyl (C=O) groups excluding carboxylic acids is 1. The second-order valence-electron chi connectivity index (χ2n) is 4.70. The molecule has 0 saturated carbocycles. The van der Waals surface area contributed by atoms with E-state index in [4.69, 9.17) is 0 Å². The largest absolute Gasteiger partial charge is 0.327 e. The summed E-state index contributed by atoms with van der Waals surface area (Å²) >= 11 is 1.81. The quantitative estimate of drug-likeness (QED) is 0.793. The molecule has 2 atom stereocenters. The van der Waals surface area contributed by atoms with Crippen LogP contribution in [-0.4, -0.2) is 40.6 Å². The zero-order chi connectivity index (χ0) is 10.9. The number of nitrogens with zero attached hydrogens (tertiary/aromatic N) is 1. The van der Waals surface area contributed by atoms with Gasteiger partial charge in [-0.3, -0.25) is 4.79 Å². The first-order valence-corrected chi connectivity index (χ1v) is 6.88. The standard InChI is InChI=1S/C11H20N2OS/c1-3-4-5-11(2)10-13(7-6-12-11)9(14)8-15-10/h10,12H,3-8H2,1-2H3/t10-,11+/m0/s1. The highest BCUT2D eigenvalue weighted by atomic mass is 32.2. The number of carbonyl (C=O) groups is 1. The third-order valence-electron chi connectivity index (χ3n) is 3.44. The Balaban J connectivity index is 2.08. The lowest BCUT2D eigenvalue weighted by atomic mass is 9.92. The average molecular weight is 228 g/mol. The van der Waals surface area contributed by atoms with Crippen molar-refractivity contribution in [2.24, 2.45) is 0 Å². The van der Waals surface area contributed by atoms with Crippen molar-refractivity contribution >= 4 is 17.7 Å². The predicted molar refractivity (Wildman–Crippen MR) is 63.9 cm³/mol. The Morgan fingerprint density at radius 2 is 2.47 bits per heavy atom. The lowest BCUT2D eigenvalue weighted by Crippen LogP contribution is -2.63. The number of fused-ring (bicyclic) bond motifs is 1. The first kappa shape index (κ1) is 11.3. The van der Waals surface area contributed by atoms with E-state index in [1.165, 1.54) is 19.3 Å². The Labute approximate surface area is 96.0 Å². The molecule has 2 aliphatic heterocycles. The van der Waals surface area contributed by atoms with Crippen LogP contribution < -0.4 is 5.32 Å². The number of unbranched alkanes of at least 4 members (excludes halogenated alkanes) is 1. The Hall–Kier alpha value is -0.220. The summed E-state index contributed by atoms with van der Waals surface area (Å²) in [6.45, 7) is 6.32. The van der Waals surface area contributed by atoms with E-state index in [-0.39, 0.29) is 5.54 Å². The molecular formula is C11H20N2OS. The molecule has 2 rings (SSSR count). The van der Waals surface area contributed by atoms with Crippen LogP contribution in [0.25, 0.3) is 0 Å². The van der Waals surface area contributed by atoms with Crippen LogP contribution in [0.15, 0.2) is 0 Å². The molecule has 2 fully saturated rings. The summed E-state index contributed by atoms with van der Waals surface area (Å²) in [5, 5.41) is 3.97. The second kappa shape index (κ2) is 4.34. The maximum Gasteiger partial charge on any atom is 0.233 e. The minimum absolute atomic E-state index is 0.130. The van der Waals surface area contributed by atoms with Crippen molar-refractivity contribution in [2.75, 3.05) is 18.8 Å². The summed E-state index contributed by atoms with van der Waals surface area (Å²) in [5.41, 5.74) is 0.130. The van der Waals surface area contributed by atoms with E-state index < -0.39 is 0 Å². The van der Waals surface area contributed by atoms with Gasteiger partial charge in [-0.1, -0.05) is 19.8 Å². The van der Waals surface area contributed by atoms with E-state index in [9.17, 15) is 4.79 Å². The highest BCUT2D eigenvalue weighted by Crippen LogP contribution is 2.37. The maximum absolute atomic E-state index is 11.6. The van der Waals surface area contributed by atoms with Gasteiger partial charge in [0.2, 0.25) is 5.91 Å². The van der Waals surface area contributed by atoms with Crippen LogP contribution in [0.4, 0.5) is 0 Å². The number of piperazine rings is 1. The Morgan fingerprint density at radius 3 is 3.20 bits per heavy atom. The van der Waals surface area contributed by atoms with Gasteiger partial charge in [0.05, 0.1) is 11.1 Å². The van der Waals surface area contributed by atoms with Crippen LogP contribution in [0.5, 0.6) is 0 Å². The van der Waals surface area contributed by atoms with Crippen molar-refractivity contribution in [3.05, 3.63) is 0 Å². The summed E-state index contributed by atoms with van der Waals surface area (Å²) in [6.07, 6.45) is 3.64. The van der Waals surface area contributed by atoms with Crippen LogP contribution in [0.1, 0.15) is 33.1 Å². The second-order valence-corrected chi connectivity index (χ2v) is 5.77.